The monoisotopic (exact) mass is 322 g/mol. The van der Waals surface area contributed by atoms with E-state index in [1.54, 1.807) is 0 Å². The van der Waals surface area contributed by atoms with Gasteiger partial charge in [0.1, 0.15) is 0 Å². The zero-order chi connectivity index (χ0) is 15.2. The lowest BCUT2D eigenvalue weighted by Gasteiger charge is -2.15. The summed E-state index contributed by atoms with van der Waals surface area (Å²) in [6, 6.07) is 9.69. The van der Waals surface area contributed by atoms with Crippen LogP contribution in [0.1, 0.15) is 22.1 Å². The first-order chi connectivity index (χ1) is 10.1. The van der Waals surface area contributed by atoms with Crippen LogP contribution in [0.5, 0.6) is 0 Å². The molecule has 0 fully saturated rings. The molecule has 0 saturated heterocycles. The SMILES string of the molecule is Cc1[nH]c(=S)sc1CC(=O)NCC(CO)c1ccccc1. The van der Waals surface area contributed by atoms with Gasteiger partial charge in [0, 0.05) is 23.0 Å². The molecule has 0 aliphatic carbocycles. The number of carbonyl (C=O) groups is 1. The second kappa shape index (κ2) is 7.49. The van der Waals surface area contributed by atoms with E-state index in [1.807, 2.05) is 37.3 Å². The summed E-state index contributed by atoms with van der Waals surface area (Å²) < 4.78 is 0.688. The van der Waals surface area contributed by atoms with Crippen molar-refractivity contribution in [1.82, 2.24) is 10.3 Å². The lowest BCUT2D eigenvalue weighted by molar-refractivity contribution is -0.120. The van der Waals surface area contributed by atoms with E-state index in [0.29, 0.717) is 16.9 Å². The van der Waals surface area contributed by atoms with Crippen molar-refractivity contribution < 1.29 is 9.90 Å². The Morgan fingerprint density at radius 1 is 1.43 bits per heavy atom. The smallest absolute Gasteiger partial charge is 0.225 e. The number of rotatable bonds is 6. The fourth-order valence-electron chi connectivity index (χ4n) is 2.06. The Labute approximate surface area is 132 Å². The fraction of sp³-hybridized carbons (Fsp3) is 0.333. The summed E-state index contributed by atoms with van der Waals surface area (Å²) in [7, 11) is 0. The van der Waals surface area contributed by atoms with Gasteiger partial charge in [-0.2, -0.15) is 0 Å². The van der Waals surface area contributed by atoms with E-state index in [-0.39, 0.29) is 18.4 Å². The Morgan fingerprint density at radius 3 is 2.71 bits per heavy atom. The zero-order valence-electron chi connectivity index (χ0n) is 11.8. The summed E-state index contributed by atoms with van der Waals surface area (Å²) in [5, 5.41) is 12.3. The molecule has 112 valence electrons. The van der Waals surface area contributed by atoms with Crippen LogP contribution in [0.15, 0.2) is 30.3 Å². The Morgan fingerprint density at radius 2 is 2.14 bits per heavy atom. The predicted molar refractivity (Wildman–Crippen MR) is 87.2 cm³/mol. The van der Waals surface area contributed by atoms with Gasteiger partial charge in [0.05, 0.1) is 13.0 Å². The van der Waals surface area contributed by atoms with E-state index in [0.717, 1.165) is 16.1 Å². The molecule has 4 nitrogen and oxygen atoms in total. The largest absolute Gasteiger partial charge is 0.396 e. The van der Waals surface area contributed by atoms with Gasteiger partial charge in [-0.05, 0) is 24.7 Å². The van der Waals surface area contributed by atoms with Crippen molar-refractivity contribution in [2.24, 2.45) is 0 Å². The highest BCUT2D eigenvalue weighted by Crippen LogP contribution is 2.16. The summed E-state index contributed by atoms with van der Waals surface area (Å²) >= 11 is 6.49. The molecule has 1 heterocycles. The first-order valence-corrected chi connectivity index (χ1v) is 7.93. The summed E-state index contributed by atoms with van der Waals surface area (Å²) in [6.07, 6.45) is 0.316. The van der Waals surface area contributed by atoms with Crippen LogP contribution >= 0.6 is 23.6 Å². The average molecular weight is 322 g/mol. The van der Waals surface area contributed by atoms with Crippen LogP contribution in [-0.4, -0.2) is 29.1 Å². The van der Waals surface area contributed by atoms with E-state index in [4.69, 9.17) is 12.2 Å². The van der Waals surface area contributed by atoms with Gasteiger partial charge in [0.15, 0.2) is 3.95 Å². The van der Waals surface area contributed by atoms with Crippen LogP contribution in [0, 0.1) is 10.9 Å². The summed E-state index contributed by atoms with van der Waals surface area (Å²) in [5.74, 6) is -0.140. The number of H-pyrrole nitrogens is 1. The molecule has 2 aromatic rings. The predicted octanol–water partition coefficient (Wildman–Crippen LogP) is 2.55. The zero-order valence-corrected chi connectivity index (χ0v) is 13.4. The second-order valence-corrected chi connectivity index (χ2v) is 6.61. The number of carbonyl (C=O) groups excluding carboxylic acids is 1. The number of aliphatic hydroxyl groups is 1. The molecule has 1 aromatic carbocycles. The molecule has 6 heteroatoms. The molecule has 1 atom stereocenters. The molecule has 0 bridgehead atoms. The van der Waals surface area contributed by atoms with Crippen LogP contribution in [0.4, 0.5) is 0 Å². The molecule has 0 aliphatic heterocycles. The van der Waals surface area contributed by atoms with E-state index < -0.39 is 0 Å². The van der Waals surface area contributed by atoms with Crippen molar-refractivity contribution in [2.75, 3.05) is 13.2 Å². The molecule has 1 amide bonds. The van der Waals surface area contributed by atoms with E-state index in [2.05, 4.69) is 10.3 Å². The maximum Gasteiger partial charge on any atom is 0.225 e. The van der Waals surface area contributed by atoms with Gasteiger partial charge in [-0.25, -0.2) is 0 Å². The number of hydrogen-bond donors (Lipinski definition) is 3. The molecular weight excluding hydrogens is 304 g/mol. The number of aliphatic hydroxyl groups excluding tert-OH is 1. The molecule has 3 N–H and O–H groups in total. The third-order valence-electron chi connectivity index (χ3n) is 3.28. The number of benzene rings is 1. The molecule has 0 aliphatic rings. The van der Waals surface area contributed by atoms with Crippen LogP contribution in [0.2, 0.25) is 0 Å². The Balaban J connectivity index is 1.91. The van der Waals surface area contributed by atoms with Crippen LogP contribution in [-0.2, 0) is 11.2 Å². The van der Waals surface area contributed by atoms with Crippen molar-refractivity contribution in [2.45, 2.75) is 19.3 Å². The number of thiazole rings is 1. The topological polar surface area (TPSA) is 65.1 Å². The Hall–Kier alpha value is -1.50. The number of nitrogens with one attached hydrogen (secondary N) is 2. The van der Waals surface area contributed by atoms with Crippen molar-refractivity contribution in [3.63, 3.8) is 0 Å². The third-order valence-corrected chi connectivity index (χ3v) is 4.62. The minimum atomic E-state index is -0.0827. The molecule has 0 radical (unpaired) electrons. The van der Waals surface area contributed by atoms with Crippen LogP contribution < -0.4 is 5.32 Å². The van der Waals surface area contributed by atoms with Crippen LogP contribution in [0.3, 0.4) is 0 Å². The first-order valence-electron chi connectivity index (χ1n) is 6.71. The molecule has 21 heavy (non-hydrogen) atoms. The maximum absolute atomic E-state index is 12.0. The second-order valence-electron chi connectivity index (χ2n) is 4.83. The average Bonchev–Trinajstić information content (AvgIpc) is 2.78. The van der Waals surface area contributed by atoms with Gasteiger partial charge in [-0.1, -0.05) is 30.3 Å². The number of aromatic amines is 1. The number of aryl methyl sites for hydroxylation is 1. The lowest BCUT2D eigenvalue weighted by Crippen LogP contribution is -2.30. The minimum absolute atomic E-state index is 0.00636. The highest BCUT2D eigenvalue weighted by molar-refractivity contribution is 7.73. The normalized spacial score (nSPS) is 12.1. The summed E-state index contributed by atoms with van der Waals surface area (Å²) in [6.45, 7) is 2.34. The Bertz CT molecular complexity index is 649. The minimum Gasteiger partial charge on any atom is -0.396 e. The van der Waals surface area contributed by atoms with Gasteiger partial charge < -0.3 is 15.4 Å². The lowest BCUT2D eigenvalue weighted by atomic mass is 10.00. The molecular formula is C15H18N2O2S2. The standard InChI is InChI=1S/C15H18N2O2S2/c1-10-13(21-15(20)17-10)7-14(19)16-8-12(9-18)11-5-3-2-4-6-11/h2-6,12,18H,7-9H2,1H3,(H,16,19)(H,17,20). The number of aromatic nitrogens is 1. The van der Waals surface area contributed by atoms with Gasteiger partial charge in [0.25, 0.3) is 0 Å². The van der Waals surface area contributed by atoms with E-state index in [1.165, 1.54) is 11.3 Å². The molecule has 1 unspecified atom stereocenters. The van der Waals surface area contributed by atoms with Crippen molar-refractivity contribution >= 4 is 29.5 Å². The highest BCUT2D eigenvalue weighted by atomic mass is 32.1. The van der Waals surface area contributed by atoms with Crippen molar-refractivity contribution in [3.8, 4) is 0 Å². The quantitative estimate of drug-likeness (QED) is 0.716. The number of amides is 1. The maximum atomic E-state index is 12.0. The third kappa shape index (κ3) is 4.49. The molecule has 2 rings (SSSR count). The van der Waals surface area contributed by atoms with Crippen molar-refractivity contribution in [3.05, 3.63) is 50.4 Å². The molecule has 1 aromatic heterocycles. The number of hydrogen-bond acceptors (Lipinski definition) is 4. The molecule has 0 spiro atoms. The van der Waals surface area contributed by atoms with E-state index >= 15 is 0 Å². The first kappa shape index (κ1) is 15.9. The van der Waals surface area contributed by atoms with Gasteiger partial charge in [-0.15, -0.1) is 11.3 Å². The summed E-state index contributed by atoms with van der Waals surface area (Å²) in [5.41, 5.74) is 1.97. The highest BCUT2D eigenvalue weighted by Gasteiger charge is 2.13. The van der Waals surface area contributed by atoms with E-state index in [9.17, 15) is 9.90 Å². The summed E-state index contributed by atoms with van der Waals surface area (Å²) in [4.78, 5) is 16.0. The molecule has 0 saturated carbocycles. The van der Waals surface area contributed by atoms with Crippen molar-refractivity contribution in [1.29, 1.82) is 0 Å². The Kier molecular flexibility index (Phi) is 5.67. The van der Waals surface area contributed by atoms with Gasteiger partial charge in [-0.3, -0.25) is 4.79 Å². The van der Waals surface area contributed by atoms with Gasteiger partial charge >= 0.3 is 0 Å². The fourth-order valence-corrected chi connectivity index (χ4v) is 3.35. The van der Waals surface area contributed by atoms with Gasteiger partial charge in [0.2, 0.25) is 5.91 Å². The van der Waals surface area contributed by atoms with Crippen LogP contribution in [0.25, 0.3) is 0 Å².